The highest BCUT2D eigenvalue weighted by atomic mass is 16.5. The van der Waals surface area contributed by atoms with Crippen LogP contribution in [-0.4, -0.2) is 36.3 Å². The number of hydrogen-bond donors (Lipinski definition) is 1. The Bertz CT molecular complexity index is 408. The molecule has 112 valence electrons. The number of rotatable bonds is 8. The van der Waals surface area contributed by atoms with Gasteiger partial charge in [-0.3, -0.25) is 4.98 Å². The number of hydrogen-bond acceptors (Lipinski definition) is 5. The van der Waals surface area contributed by atoms with Crippen LogP contribution >= 0.6 is 0 Å². The molecule has 1 unspecified atom stereocenters. The summed E-state index contributed by atoms with van der Waals surface area (Å²) < 4.78 is 11.0. The molecule has 0 radical (unpaired) electrons. The molecular formula is C15H25N3O2. The van der Waals surface area contributed by atoms with Crippen molar-refractivity contribution < 1.29 is 9.47 Å². The highest BCUT2D eigenvalue weighted by Gasteiger charge is 2.32. The minimum absolute atomic E-state index is 0.205. The minimum Gasteiger partial charge on any atom is -0.480 e. The summed E-state index contributed by atoms with van der Waals surface area (Å²) in [5.41, 5.74) is 0.914. The average Bonchev–Trinajstić information content (AvgIpc) is 2.44. The second-order valence-electron chi connectivity index (χ2n) is 5.21. The lowest BCUT2D eigenvalue weighted by Gasteiger charge is -2.37. The first-order valence-electron chi connectivity index (χ1n) is 7.48. The Morgan fingerprint density at radius 2 is 2.05 bits per heavy atom. The van der Waals surface area contributed by atoms with E-state index in [0.717, 1.165) is 38.1 Å². The van der Waals surface area contributed by atoms with Crippen molar-refractivity contribution in [1.29, 1.82) is 0 Å². The van der Waals surface area contributed by atoms with Crippen LogP contribution in [0.3, 0.4) is 0 Å². The van der Waals surface area contributed by atoms with Crippen LogP contribution in [0.4, 0.5) is 0 Å². The van der Waals surface area contributed by atoms with Crippen molar-refractivity contribution in [3.05, 3.63) is 18.1 Å². The highest BCUT2D eigenvalue weighted by molar-refractivity contribution is 5.21. The number of ether oxygens (including phenoxy) is 2. The van der Waals surface area contributed by atoms with Crippen molar-refractivity contribution in [1.82, 2.24) is 15.3 Å². The monoisotopic (exact) mass is 279 g/mol. The maximum absolute atomic E-state index is 5.63. The number of nitrogens with one attached hydrogen (secondary N) is 1. The molecule has 1 heterocycles. The standard InChI is InChI=1S/C15H25N3O2/c1-4-16-13(10-11-8-12(9-11)20-5-2)14-15(19-3)18-7-6-17-14/h6-7,11-13,16H,4-5,8-10H2,1-3H3. The van der Waals surface area contributed by atoms with E-state index < -0.39 is 0 Å². The fourth-order valence-electron chi connectivity index (χ4n) is 2.84. The molecule has 2 rings (SSSR count). The fourth-order valence-corrected chi connectivity index (χ4v) is 2.84. The Morgan fingerprint density at radius 1 is 1.30 bits per heavy atom. The average molecular weight is 279 g/mol. The Kier molecular flexibility index (Phi) is 5.73. The normalized spacial score (nSPS) is 23.1. The van der Waals surface area contributed by atoms with Crippen molar-refractivity contribution in [2.75, 3.05) is 20.3 Å². The topological polar surface area (TPSA) is 56.3 Å². The zero-order valence-corrected chi connectivity index (χ0v) is 12.6. The quantitative estimate of drug-likeness (QED) is 0.791. The van der Waals surface area contributed by atoms with Crippen molar-refractivity contribution in [2.45, 2.75) is 45.3 Å². The summed E-state index contributed by atoms with van der Waals surface area (Å²) in [6.45, 7) is 5.89. The van der Waals surface area contributed by atoms with Crippen LogP contribution in [0.1, 0.15) is 44.8 Å². The van der Waals surface area contributed by atoms with Gasteiger partial charge in [0.05, 0.1) is 19.3 Å². The molecule has 0 aromatic carbocycles. The predicted molar refractivity (Wildman–Crippen MR) is 77.8 cm³/mol. The molecule has 1 aliphatic carbocycles. The molecule has 1 aromatic rings. The summed E-state index contributed by atoms with van der Waals surface area (Å²) in [5.74, 6) is 1.32. The van der Waals surface area contributed by atoms with Gasteiger partial charge in [0.1, 0.15) is 5.69 Å². The fraction of sp³-hybridized carbons (Fsp3) is 0.733. The summed E-state index contributed by atoms with van der Waals surface area (Å²) >= 11 is 0. The van der Waals surface area contributed by atoms with Crippen LogP contribution in [0.5, 0.6) is 5.88 Å². The smallest absolute Gasteiger partial charge is 0.236 e. The molecule has 0 aliphatic heterocycles. The van der Waals surface area contributed by atoms with Gasteiger partial charge in [0.25, 0.3) is 0 Å². The van der Waals surface area contributed by atoms with E-state index in [2.05, 4.69) is 29.1 Å². The summed E-state index contributed by atoms with van der Waals surface area (Å²) in [5, 5.41) is 3.50. The third-order valence-corrected chi connectivity index (χ3v) is 3.83. The molecule has 5 heteroatoms. The van der Waals surface area contributed by atoms with E-state index in [9.17, 15) is 0 Å². The first kappa shape index (κ1) is 15.2. The molecule has 1 aliphatic rings. The van der Waals surface area contributed by atoms with E-state index in [4.69, 9.17) is 9.47 Å². The van der Waals surface area contributed by atoms with Crippen molar-refractivity contribution in [3.63, 3.8) is 0 Å². The molecule has 0 saturated heterocycles. The molecule has 1 fully saturated rings. The minimum atomic E-state index is 0.205. The van der Waals surface area contributed by atoms with Crippen LogP contribution in [0.2, 0.25) is 0 Å². The van der Waals surface area contributed by atoms with Crippen molar-refractivity contribution in [3.8, 4) is 5.88 Å². The van der Waals surface area contributed by atoms with Crippen LogP contribution in [0.25, 0.3) is 0 Å². The first-order valence-corrected chi connectivity index (χ1v) is 7.48. The van der Waals surface area contributed by atoms with E-state index in [1.807, 2.05) is 0 Å². The molecule has 0 amide bonds. The third kappa shape index (κ3) is 3.67. The Labute approximate surface area is 121 Å². The number of methoxy groups -OCH3 is 1. The molecule has 0 bridgehead atoms. The lowest BCUT2D eigenvalue weighted by molar-refractivity contribution is -0.0292. The zero-order chi connectivity index (χ0) is 14.4. The largest absolute Gasteiger partial charge is 0.480 e. The van der Waals surface area contributed by atoms with E-state index in [-0.39, 0.29) is 6.04 Å². The predicted octanol–water partition coefficient (Wildman–Crippen LogP) is 2.34. The van der Waals surface area contributed by atoms with Crippen molar-refractivity contribution >= 4 is 0 Å². The molecule has 5 nitrogen and oxygen atoms in total. The van der Waals surface area contributed by atoms with Crippen LogP contribution in [0.15, 0.2) is 12.4 Å². The molecule has 1 atom stereocenters. The Hall–Kier alpha value is -1.20. The first-order chi connectivity index (χ1) is 9.78. The van der Waals surface area contributed by atoms with Gasteiger partial charge in [-0.1, -0.05) is 6.92 Å². The highest BCUT2D eigenvalue weighted by Crippen LogP contribution is 2.37. The summed E-state index contributed by atoms with van der Waals surface area (Å²) in [6.07, 6.45) is 7.21. The van der Waals surface area contributed by atoms with Gasteiger partial charge in [-0.15, -0.1) is 0 Å². The zero-order valence-electron chi connectivity index (χ0n) is 12.6. The van der Waals surface area contributed by atoms with E-state index in [0.29, 0.717) is 17.9 Å². The Morgan fingerprint density at radius 3 is 2.70 bits per heavy atom. The van der Waals surface area contributed by atoms with Crippen LogP contribution in [0, 0.1) is 5.92 Å². The van der Waals surface area contributed by atoms with Gasteiger partial charge in [0, 0.05) is 19.0 Å². The number of aromatic nitrogens is 2. The molecule has 1 saturated carbocycles. The van der Waals surface area contributed by atoms with E-state index >= 15 is 0 Å². The second kappa shape index (κ2) is 7.55. The maximum Gasteiger partial charge on any atom is 0.236 e. The van der Waals surface area contributed by atoms with Crippen LogP contribution < -0.4 is 10.1 Å². The third-order valence-electron chi connectivity index (χ3n) is 3.83. The summed E-state index contributed by atoms with van der Waals surface area (Å²) in [4.78, 5) is 8.70. The van der Waals surface area contributed by atoms with Crippen molar-refractivity contribution in [2.24, 2.45) is 5.92 Å². The molecular weight excluding hydrogens is 254 g/mol. The van der Waals surface area contributed by atoms with E-state index in [1.165, 1.54) is 0 Å². The lowest BCUT2D eigenvalue weighted by atomic mass is 9.77. The SMILES string of the molecule is CCNC(CC1CC(OCC)C1)c1nccnc1OC. The molecule has 1 aromatic heterocycles. The van der Waals surface area contributed by atoms with Gasteiger partial charge >= 0.3 is 0 Å². The van der Waals surface area contributed by atoms with Crippen LogP contribution in [-0.2, 0) is 4.74 Å². The van der Waals surface area contributed by atoms with Gasteiger partial charge in [-0.05, 0) is 38.6 Å². The maximum atomic E-state index is 5.63. The lowest BCUT2D eigenvalue weighted by Crippen LogP contribution is -2.35. The van der Waals surface area contributed by atoms with E-state index in [1.54, 1.807) is 19.5 Å². The molecule has 0 spiro atoms. The summed E-state index contributed by atoms with van der Waals surface area (Å²) in [6, 6.07) is 0.205. The second-order valence-corrected chi connectivity index (χ2v) is 5.21. The van der Waals surface area contributed by atoms with Gasteiger partial charge in [-0.2, -0.15) is 0 Å². The molecule has 20 heavy (non-hydrogen) atoms. The Balaban J connectivity index is 1.97. The van der Waals surface area contributed by atoms with Gasteiger partial charge in [-0.25, -0.2) is 4.98 Å². The van der Waals surface area contributed by atoms with Gasteiger partial charge < -0.3 is 14.8 Å². The number of nitrogens with zero attached hydrogens (tertiary/aromatic N) is 2. The van der Waals surface area contributed by atoms with Gasteiger partial charge in [0.2, 0.25) is 5.88 Å². The molecule has 1 N–H and O–H groups in total. The van der Waals surface area contributed by atoms with Gasteiger partial charge in [0.15, 0.2) is 0 Å². The summed E-state index contributed by atoms with van der Waals surface area (Å²) in [7, 11) is 1.64.